The van der Waals surface area contributed by atoms with Crippen LogP contribution in [0.15, 0.2) is 24.3 Å². The minimum absolute atomic E-state index is 0.101. The van der Waals surface area contributed by atoms with Crippen molar-refractivity contribution in [3.05, 3.63) is 35.6 Å². The van der Waals surface area contributed by atoms with Crippen LogP contribution in [-0.2, 0) is 10.2 Å². The first-order chi connectivity index (χ1) is 9.60. The van der Waals surface area contributed by atoms with Crippen LogP contribution in [0.5, 0.6) is 0 Å². The van der Waals surface area contributed by atoms with Gasteiger partial charge in [0.15, 0.2) is 0 Å². The number of benzene rings is 1. The van der Waals surface area contributed by atoms with E-state index in [9.17, 15) is 9.18 Å². The summed E-state index contributed by atoms with van der Waals surface area (Å²) >= 11 is 0. The second-order valence-electron chi connectivity index (χ2n) is 6.17. The standard InChI is InChI=1S/C16H21FN2O/c17-12-3-1-11(2-4-12)16(9-10-16)15(20)19-14-7-5-13(18)6-8-14/h1-4,13-14H,5-10,18H2,(H,19,20). The van der Waals surface area contributed by atoms with E-state index in [2.05, 4.69) is 5.32 Å². The summed E-state index contributed by atoms with van der Waals surface area (Å²) in [5.74, 6) is -0.157. The van der Waals surface area contributed by atoms with Gasteiger partial charge in [-0.25, -0.2) is 4.39 Å². The largest absolute Gasteiger partial charge is 0.353 e. The number of amides is 1. The SMILES string of the molecule is NC1CCC(NC(=O)C2(c3ccc(F)cc3)CC2)CC1. The van der Waals surface area contributed by atoms with E-state index >= 15 is 0 Å². The second-order valence-corrected chi connectivity index (χ2v) is 6.17. The Balaban J connectivity index is 1.66. The van der Waals surface area contributed by atoms with Gasteiger partial charge in [-0.15, -0.1) is 0 Å². The molecular weight excluding hydrogens is 255 g/mol. The lowest BCUT2D eigenvalue weighted by molar-refractivity contribution is -0.124. The second kappa shape index (κ2) is 5.17. The lowest BCUT2D eigenvalue weighted by atomic mass is 9.90. The zero-order valence-electron chi connectivity index (χ0n) is 11.6. The Morgan fingerprint density at radius 3 is 2.30 bits per heavy atom. The predicted octanol–water partition coefficient (Wildman–Crippen LogP) is 2.24. The van der Waals surface area contributed by atoms with Crippen molar-refractivity contribution in [3.8, 4) is 0 Å². The van der Waals surface area contributed by atoms with E-state index in [4.69, 9.17) is 5.73 Å². The molecule has 20 heavy (non-hydrogen) atoms. The monoisotopic (exact) mass is 276 g/mol. The van der Waals surface area contributed by atoms with Gasteiger partial charge in [-0.3, -0.25) is 4.79 Å². The van der Waals surface area contributed by atoms with Crippen molar-refractivity contribution in [3.63, 3.8) is 0 Å². The molecule has 3 nitrogen and oxygen atoms in total. The van der Waals surface area contributed by atoms with E-state index in [1.165, 1.54) is 12.1 Å². The third-order valence-electron chi connectivity index (χ3n) is 4.69. The van der Waals surface area contributed by atoms with Gasteiger partial charge in [-0.05, 0) is 56.2 Å². The molecule has 0 spiro atoms. The molecule has 0 aliphatic heterocycles. The summed E-state index contributed by atoms with van der Waals surface area (Å²) in [6.07, 6.45) is 5.61. The lowest BCUT2D eigenvalue weighted by Crippen LogP contribution is -2.44. The van der Waals surface area contributed by atoms with E-state index in [0.717, 1.165) is 44.1 Å². The fourth-order valence-electron chi connectivity index (χ4n) is 3.13. The number of carbonyl (C=O) groups is 1. The van der Waals surface area contributed by atoms with Crippen LogP contribution in [0.1, 0.15) is 44.1 Å². The molecule has 2 fully saturated rings. The van der Waals surface area contributed by atoms with Gasteiger partial charge in [0.05, 0.1) is 5.41 Å². The van der Waals surface area contributed by atoms with E-state index in [1.807, 2.05) is 0 Å². The molecule has 0 heterocycles. The highest BCUT2D eigenvalue weighted by Gasteiger charge is 2.51. The molecule has 2 aliphatic carbocycles. The quantitative estimate of drug-likeness (QED) is 0.889. The highest BCUT2D eigenvalue weighted by molar-refractivity contribution is 5.91. The minimum Gasteiger partial charge on any atom is -0.353 e. The number of nitrogens with one attached hydrogen (secondary N) is 1. The lowest BCUT2D eigenvalue weighted by Gasteiger charge is -2.28. The molecule has 3 N–H and O–H groups in total. The fourth-order valence-corrected chi connectivity index (χ4v) is 3.13. The van der Waals surface area contributed by atoms with Crippen LogP contribution in [0, 0.1) is 5.82 Å². The van der Waals surface area contributed by atoms with Crippen LogP contribution in [0.4, 0.5) is 4.39 Å². The molecule has 0 bridgehead atoms. The van der Waals surface area contributed by atoms with Crippen molar-refractivity contribution in [2.24, 2.45) is 5.73 Å². The number of hydrogen-bond donors (Lipinski definition) is 2. The van der Waals surface area contributed by atoms with Gasteiger partial charge < -0.3 is 11.1 Å². The van der Waals surface area contributed by atoms with Crippen LogP contribution in [0.2, 0.25) is 0 Å². The Morgan fingerprint density at radius 2 is 1.75 bits per heavy atom. The molecule has 0 atom stereocenters. The molecule has 108 valence electrons. The molecule has 1 amide bonds. The summed E-state index contributed by atoms with van der Waals surface area (Å²) < 4.78 is 13.0. The number of halogens is 1. The summed E-state index contributed by atoms with van der Waals surface area (Å²) in [6, 6.07) is 6.87. The molecule has 0 unspecified atom stereocenters. The van der Waals surface area contributed by atoms with Crippen molar-refractivity contribution in [2.75, 3.05) is 0 Å². The summed E-state index contributed by atoms with van der Waals surface area (Å²) in [5, 5.41) is 3.17. The van der Waals surface area contributed by atoms with E-state index < -0.39 is 5.41 Å². The molecule has 4 heteroatoms. The molecule has 0 aromatic heterocycles. The van der Waals surface area contributed by atoms with Crippen molar-refractivity contribution < 1.29 is 9.18 Å². The molecule has 0 radical (unpaired) electrons. The molecular formula is C16H21FN2O. The van der Waals surface area contributed by atoms with Crippen LogP contribution < -0.4 is 11.1 Å². The van der Waals surface area contributed by atoms with E-state index in [1.54, 1.807) is 12.1 Å². The first-order valence-corrected chi connectivity index (χ1v) is 7.43. The summed E-state index contributed by atoms with van der Waals surface area (Å²) in [4.78, 5) is 12.5. The maximum atomic E-state index is 13.0. The van der Waals surface area contributed by atoms with Gasteiger partial charge in [0.2, 0.25) is 5.91 Å². The molecule has 1 aromatic rings. The Hall–Kier alpha value is -1.42. The molecule has 1 aromatic carbocycles. The molecule has 0 saturated heterocycles. The Labute approximate surface area is 118 Å². The molecule has 2 aliphatic rings. The maximum absolute atomic E-state index is 13.0. The molecule has 3 rings (SSSR count). The van der Waals surface area contributed by atoms with Crippen molar-refractivity contribution in [1.29, 1.82) is 0 Å². The third kappa shape index (κ3) is 2.57. The summed E-state index contributed by atoms with van der Waals surface area (Å²) in [6.45, 7) is 0. The molecule has 2 saturated carbocycles. The zero-order valence-corrected chi connectivity index (χ0v) is 11.6. The fraction of sp³-hybridized carbons (Fsp3) is 0.562. The summed E-state index contributed by atoms with van der Waals surface area (Å²) in [5.41, 5.74) is 6.41. The normalized spacial score (nSPS) is 27.9. The zero-order chi connectivity index (χ0) is 14.2. The van der Waals surface area contributed by atoms with Crippen LogP contribution in [0.25, 0.3) is 0 Å². The van der Waals surface area contributed by atoms with Gasteiger partial charge in [-0.1, -0.05) is 12.1 Å². The maximum Gasteiger partial charge on any atom is 0.230 e. The third-order valence-corrected chi connectivity index (χ3v) is 4.69. The smallest absolute Gasteiger partial charge is 0.230 e. The van der Waals surface area contributed by atoms with Gasteiger partial charge in [0.25, 0.3) is 0 Å². The van der Waals surface area contributed by atoms with Crippen LogP contribution >= 0.6 is 0 Å². The van der Waals surface area contributed by atoms with Gasteiger partial charge in [0, 0.05) is 12.1 Å². The number of carbonyl (C=O) groups excluding carboxylic acids is 1. The van der Waals surface area contributed by atoms with Crippen molar-refractivity contribution in [2.45, 2.75) is 56.0 Å². The minimum atomic E-state index is -0.409. The Morgan fingerprint density at radius 1 is 1.15 bits per heavy atom. The summed E-state index contributed by atoms with van der Waals surface area (Å²) in [7, 11) is 0. The number of hydrogen-bond acceptors (Lipinski definition) is 2. The van der Waals surface area contributed by atoms with Crippen molar-refractivity contribution >= 4 is 5.91 Å². The van der Waals surface area contributed by atoms with Gasteiger partial charge >= 0.3 is 0 Å². The topological polar surface area (TPSA) is 55.1 Å². The highest BCUT2D eigenvalue weighted by Crippen LogP contribution is 2.48. The average molecular weight is 276 g/mol. The van der Waals surface area contributed by atoms with Gasteiger partial charge in [-0.2, -0.15) is 0 Å². The van der Waals surface area contributed by atoms with Crippen molar-refractivity contribution in [1.82, 2.24) is 5.32 Å². The van der Waals surface area contributed by atoms with Crippen LogP contribution in [-0.4, -0.2) is 18.0 Å². The van der Waals surface area contributed by atoms with E-state index in [0.29, 0.717) is 0 Å². The first-order valence-electron chi connectivity index (χ1n) is 7.43. The number of rotatable bonds is 3. The highest BCUT2D eigenvalue weighted by atomic mass is 19.1. The number of nitrogens with two attached hydrogens (primary N) is 1. The Bertz CT molecular complexity index is 488. The van der Waals surface area contributed by atoms with Crippen LogP contribution in [0.3, 0.4) is 0 Å². The Kier molecular flexibility index (Phi) is 3.50. The average Bonchev–Trinajstić information content (AvgIpc) is 3.24. The first kappa shape index (κ1) is 13.6. The van der Waals surface area contributed by atoms with Gasteiger partial charge in [0.1, 0.15) is 5.82 Å². The van der Waals surface area contributed by atoms with E-state index in [-0.39, 0.29) is 23.8 Å². The predicted molar refractivity (Wildman–Crippen MR) is 75.7 cm³/mol.